The first-order valence-electron chi connectivity index (χ1n) is 8.39. The summed E-state index contributed by atoms with van der Waals surface area (Å²) in [6.45, 7) is 1.95. The molecule has 0 radical (unpaired) electrons. The minimum Gasteiger partial charge on any atom is -0.365 e. The number of aryl methyl sites for hydroxylation is 1. The molecule has 0 bridgehead atoms. The van der Waals surface area contributed by atoms with Gasteiger partial charge in [-0.2, -0.15) is 0 Å². The van der Waals surface area contributed by atoms with Gasteiger partial charge >= 0.3 is 0 Å². The van der Waals surface area contributed by atoms with Crippen LogP contribution < -0.4 is 15.7 Å². The molecule has 9 heteroatoms. The molecule has 2 aliphatic rings. The Bertz CT molecular complexity index is 936. The normalized spacial score (nSPS) is 18.6. The monoisotopic (exact) mass is 363 g/mol. The molecule has 134 valence electrons. The number of imidazole rings is 1. The van der Waals surface area contributed by atoms with Crippen molar-refractivity contribution in [2.75, 3.05) is 5.17 Å². The lowest BCUT2D eigenvalue weighted by atomic mass is 9.95. The number of nitrogens with one attached hydrogen (secondary N) is 1. The summed E-state index contributed by atoms with van der Waals surface area (Å²) in [6, 6.07) is 3.70. The predicted molar refractivity (Wildman–Crippen MR) is 93.8 cm³/mol. The third-order valence-electron chi connectivity index (χ3n) is 4.85. The molecule has 0 spiro atoms. The largest absolute Gasteiger partial charge is 0.365 e. The lowest BCUT2D eigenvalue weighted by molar-refractivity contribution is 0.220. The van der Waals surface area contributed by atoms with Gasteiger partial charge in [0.25, 0.3) is 0 Å². The molecule has 1 aliphatic carbocycles. The van der Waals surface area contributed by atoms with Crippen LogP contribution in [-0.4, -0.2) is 18.0 Å². The maximum absolute atomic E-state index is 12.1. The highest BCUT2D eigenvalue weighted by Gasteiger charge is 2.28. The Balaban J connectivity index is 1.94. The van der Waals surface area contributed by atoms with Crippen LogP contribution in [0.15, 0.2) is 29.5 Å². The zero-order chi connectivity index (χ0) is 17.6. The fourth-order valence-electron chi connectivity index (χ4n) is 3.81. The van der Waals surface area contributed by atoms with E-state index >= 15 is 0 Å². The van der Waals surface area contributed by atoms with E-state index in [9.17, 15) is 8.42 Å². The molecule has 8 nitrogen and oxygen atoms in total. The fraction of sp³-hybridized carbons (Fsp3) is 0.438. The molecule has 3 N–H and O–H groups in total. The van der Waals surface area contributed by atoms with E-state index in [1.165, 1.54) is 36.8 Å². The molecule has 0 unspecified atom stereocenters. The highest BCUT2D eigenvalue weighted by Crippen LogP contribution is 2.38. The van der Waals surface area contributed by atoms with Gasteiger partial charge in [0.05, 0.1) is 11.7 Å². The van der Waals surface area contributed by atoms with Crippen molar-refractivity contribution in [2.45, 2.75) is 50.0 Å². The van der Waals surface area contributed by atoms with Gasteiger partial charge in [0, 0.05) is 6.04 Å². The van der Waals surface area contributed by atoms with Gasteiger partial charge in [-0.1, -0.05) is 19.3 Å². The zero-order valence-electron chi connectivity index (χ0n) is 14.0. The van der Waals surface area contributed by atoms with Gasteiger partial charge in [0.1, 0.15) is 28.2 Å². The summed E-state index contributed by atoms with van der Waals surface area (Å²) in [6.07, 6.45) is 8.88. The number of aromatic nitrogens is 2. The van der Waals surface area contributed by atoms with E-state index in [1.54, 1.807) is 12.3 Å². The van der Waals surface area contributed by atoms with Crippen LogP contribution in [0.4, 0.5) is 5.69 Å². The first kappa shape index (κ1) is 16.2. The lowest BCUT2D eigenvalue weighted by Crippen LogP contribution is -2.30. The van der Waals surface area contributed by atoms with Crippen molar-refractivity contribution in [3.05, 3.63) is 30.4 Å². The molecule has 1 aliphatic heterocycles. The number of rotatable bonds is 3. The standard InChI is InChI=1S/C16H21N5O3S/c1-11-19-15-13(20(11)12-5-3-2-4-6-12)7-8-14(25(17,22)23)16(15)21-18-9-10-24-21/h7-10,12,18H,2-6H2,1H3,(H2,17,22,23). The number of sulfonamides is 1. The van der Waals surface area contributed by atoms with Crippen LogP contribution in [0.1, 0.15) is 44.0 Å². The van der Waals surface area contributed by atoms with Gasteiger partial charge in [-0.15, -0.1) is 5.17 Å². The molecule has 1 saturated carbocycles. The summed E-state index contributed by atoms with van der Waals surface area (Å²) in [7, 11) is -3.93. The topological polar surface area (TPSA) is 102 Å². The van der Waals surface area contributed by atoms with Crippen LogP contribution in [0.3, 0.4) is 0 Å². The molecule has 0 saturated heterocycles. The SMILES string of the molecule is Cc1nc2c(N3NC=CO3)c(S(N)(=O)=O)ccc2n1C1CCCCC1. The van der Waals surface area contributed by atoms with Gasteiger partial charge in [0.2, 0.25) is 10.0 Å². The van der Waals surface area contributed by atoms with Crippen molar-refractivity contribution < 1.29 is 13.3 Å². The van der Waals surface area contributed by atoms with Crippen LogP contribution in [0, 0.1) is 6.92 Å². The lowest BCUT2D eigenvalue weighted by Gasteiger charge is -2.25. The first-order chi connectivity index (χ1) is 12.0. The molecular weight excluding hydrogens is 342 g/mol. The minimum atomic E-state index is -3.93. The maximum atomic E-state index is 12.1. The average molecular weight is 363 g/mol. The van der Waals surface area contributed by atoms with Crippen molar-refractivity contribution in [2.24, 2.45) is 5.14 Å². The second kappa shape index (κ2) is 5.92. The van der Waals surface area contributed by atoms with Crippen molar-refractivity contribution >= 4 is 26.7 Å². The summed E-state index contributed by atoms with van der Waals surface area (Å²) < 4.78 is 26.3. The third-order valence-corrected chi connectivity index (χ3v) is 5.79. The summed E-state index contributed by atoms with van der Waals surface area (Å²) in [5, 5.41) is 6.69. The van der Waals surface area contributed by atoms with Crippen molar-refractivity contribution in [3.8, 4) is 0 Å². The Morgan fingerprint density at radius 2 is 2.04 bits per heavy atom. The number of nitrogens with two attached hydrogens (primary N) is 1. The van der Waals surface area contributed by atoms with Crippen LogP contribution in [0.5, 0.6) is 0 Å². The minimum absolute atomic E-state index is 0.0236. The Morgan fingerprint density at radius 1 is 1.28 bits per heavy atom. The molecule has 0 amide bonds. The molecule has 25 heavy (non-hydrogen) atoms. The number of hydrogen-bond donors (Lipinski definition) is 2. The first-order valence-corrected chi connectivity index (χ1v) is 9.94. The molecule has 1 aromatic carbocycles. The number of fused-ring (bicyclic) bond motifs is 1. The van der Waals surface area contributed by atoms with Crippen molar-refractivity contribution in [1.82, 2.24) is 15.0 Å². The highest BCUT2D eigenvalue weighted by atomic mass is 32.2. The van der Waals surface area contributed by atoms with Crippen LogP contribution in [0.25, 0.3) is 11.0 Å². The van der Waals surface area contributed by atoms with Crippen molar-refractivity contribution in [1.29, 1.82) is 0 Å². The van der Waals surface area contributed by atoms with E-state index in [2.05, 4.69) is 15.0 Å². The maximum Gasteiger partial charge on any atom is 0.240 e. The summed E-state index contributed by atoms with van der Waals surface area (Å²) in [4.78, 5) is 9.99. The average Bonchev–Trinajstić information content (AvgIpc) is 3.20. The smallest absolute Gasteiger partial charge is 0.240 e. The Hall–Kier alpha value is -2.26. The van der Waals surface area contributed by atoms with Gasteiger partial charge in [0.15, 0.2) is 0 Å². The molecular formula is C16H21N5O3S. The zero-order valence-corrected chi connectivity index (χ0v) is 14.8. The van der Waals surface area contributed by atoms with Crippen LogP contribution >= 0.6 is 0 Å². The summed E-state index contributed by atoms with van der Waals surface area (Å²) in [5.74, 6) is 0.863. The number of hydrazine groups is 1. The molecule has 1 fully saturated rings. The Kier molecular flexibility index (Phi) is 3.84. The molecule has 1 aromatic heterocycles. The number of benzene rings is 1. The second-order valence-electron chi connectivity index (χ2n) is 6.48. The number of anilines is 1. The number of nitrogens with zero attached hydrogens (tertiary/aromatic N) is 3. The van der Waals surface area contributed by atoms with Crippen LogP contribution in [0.2, 0.25) is 0 Å². The molecule has 4 rings (SSSR count). The summed E-state index contributed by atoms with van der Waals surface area (Å²) >= 11 is 0. The van der Waals surface area contributed by atoms with E-state index < -0.39 is 10.0 Å². The van der Waals surface area contributed by atoms with Gasteiger partial charge < -0.3 is 9.40 Å². The van der Waals surface area contributed by atoms with Gasteiger partial charge in [-0.3, -0.25) is 5.43 Å². The predicted octanol–water partition coefficient (Wildman–Crippen LogP) is 2.22. The molecule has 2 heterocycles. The second-order valence-corrected chi connectivity index (χ2v) is 8.01. The molecule has 0 atom stereocenters. The quantitative estimate of drug-likeness (QED) is 0.867. The van der Waals surface area contributed by atoms with E-state index in [0.717, 1.165) is 24.2 Å². The van der Waals surface area contributed by atoms with Gasteiger partial charge in [-0.05, 0) is 31.9 Å². The van der Waals surface area contributed by atoms with Crippen LogP contribution in [-0.2, 0) is 14.9 Å². The number of hydrogen-bond acceptors (Lipinski definition) is 6. The van der Waals surface area contributed by atoms with Gasteiger partial charge in [-0.25, -0.2) is 18.5 Å². The van der Waals surface area contributed by atoms with E-state index in [4.69, 9.17) is 9.98 Å². The number of primary sulfonamides is 1. The fourth-order valence-corrected chi connectivity index (χ4v) is 4.52. The summed E-state index contributed by atoms with van der Waals surface area (Å²) in [5.41, 5.74) is 4.61. The Labute approximate surface area is 146 Å². The van der Waals surface area contributed by atoms with E-state index in [1.807, 2.05) is 6.92 Å². The third kappa shape index (κ3) is 2.73. The van der Waals surface area contributed by atoms with E-state index in [-0.39, 0.29) is 4.90 Å². The highest BCUT2D eigenvalue weighted by molar-refractivity contribution is 7.89. The molecule has 2 aromatic rings. The van der Waals surface area contributed by atoms with E-state index in [0.29, 0.717) is 17.2 Å². The van der Waals surface area contributed by atoms with Crippen molar-refractivity contribution in [3.63, 3.8) is 0 Å². The Morgan fingerprint density at radius 3 is 2.68 bits per heavy atom.